The number of pyridine rings is 1. The second-order valence-corrected chi connectivity index (χ2v) is 22.6. The van der Waals surface area contributed by atoms with E-state index in [1.807, 2.05) is 65.1 Å². The number of nitrogens with zero attached hydrogens (tertiary/aromatic N) is 7. The van der Waals surface area contributed by atoms with Gasteiger partial charge in [0.2, 0.25) is 11.8 Å². The zero-order chi connectivity index (χ0) is 52.3. The lowest BCUT2D eigenvalue weighted by atomic mass is 9.84. The highest BCUT2D eigenvalue weighted by atomic mass is 32.1. The van der Waals surface area contributed by atoms with Crippen molar-refractivity contribution in [1.82, 2.24) is 45.0 Å². The van der Waals surface area contributed by atoms with E-state index in [1.54, 1.807) is 28.1 Å². The molecule has 72 heavy (non-hydrogen) atoms. The van der Waals surface area contributed by atoms with Gasteiger partial charge in [0.1, 0.15) is 12.1 Å². The molecule has 3 aromatic heterocycles. The molecule has 3 aliphatic rings. The van der Waals surface area contributed by atoms with Crippen LogP contribution in [0.25, 0.3) is 33.4 Å². The van der Waals surface area contributed by atoms with Gasteiger partial charge in [0.05, 0.1) is 45.8 Å². The minimum atomic E-state index is -0.961. The van der Waals surface area contributed by atoms with E-state index in [0.29, 0.717) is 57.0 Å². The maximum absolute atomic E-state index is 14.7. The van der Waals surface area contributed by atoms with Crippen LogP contribution in [-0.4, -0.2) is 142 Å². The molecule has 4 aromatic rings. The fourth-order valence-electron chi connectivity index (χ4n) is 10.3. The third-order valence-electron chi connectivity index (χ3n) is 14.9. The number of hydrogen-bond acceptors (Lipinski definition) is 12. The zero-order valence-electron chi connectivity index (χ0n) is 44.4. The first-order valence-electron chi connectivity index (χ1n) is 25.5. The first kappa shape index (κ1) is 54.1. The number of hydrogen-bond donors (Lipinski definition) is 2. The number of aromatic nitrogens is 3. The van der Waals surface area contributed by atoms with Gasteiger partial charge in [0.25, 0.3) is 11.8 Å². The van der Waals surface area contributed by atoms with Gasteiger partial charge in [0, 0.05) is 98.7 Å². The second-order valence-electron chi connectivity index (χ2n) is 21.6. The number of nitrogens with one attached hydrogen (secondary N) is 2. The van der Waals surface area contributed by atoms with Crippen LogP contribution >= 0.6 is 11.3 Å². The van der Waals surface area contributed by atoms with E-state index in [1.165, 1.54) is 18.3 Å². The number of rotatable bonds is 17. The lowest BCUT2D eigenvalue weighted by Gasteiger charge is -2.34. The highest BCUT2D eigenvalue weighted by Crippen LogP contribution is 2.44. The quantitative estimate of drug-likeness (QED) is 0.0857. The van der Waals surface area contributed by atoms with Crippen LogP contribution in [-0.2, 0) is 52.8 Å². The summed E-state index contributed by atoms with van der Waals surface area (Å²) in [4.78, 5) is 84.1. The summed E-state index contributed by atoms with van der Waals surface area (Å²) in [5, 5.41) is 8.43. The van der Waals surface area contributed by atoms with Crippen LogP contribution in [0.3, 0.4) is 0 Å². The summed E-state index contributed by atoms with van der Waals surface area (Å²) in [5.74, 6) is 4.20. The Morgan fingerprint density at radius 1 is 1.04 bits per heavy atom. The number of likely N-dealkylation sites (tertiary alicyclic amines) is 2. The van der Waals surface area contributed by atoms with Crippen molar-refractivity contribution in [1.29, 1.82) is 0 Å². The predicted octanol–water partition coefficient (Wildman–Crippen LogP) is 6.66. The number of benzene rings is 1. The van der Waals surface area contributed by atoms with Crippen LogP contribution in [0.5, 0.6) is 0 Å². The molecular formula is C55H75N9O7S. The Hall–Kier alpha value is -5.67. The van der Waals surface area contributed by atoms with Crippen LogP contribution < -0.4 is 10.7 Å². The molecule has 1 aromatic carbocycles. The largest absolute Gasteiger partial charge is 0.465 e. The number of thiazole rings is 1. The minimum absolute atomic E-state index is 0.140. The van der Waals surface area contributed by atoms with Crippen molar-refractivity contribution in [2.24, 2.45) is 16.7 Å². The Morgan fingerprint density at radius 2 is 1.79 bits per heavy atom. The van der Waals surface area contributed by atoms with E-state index in [9.17, 15) is 24.0 Å². The molecule has 3 aliphatic heterocycles. The summed E-state index contributed by atoms with van der Waals surface area (Å²) in [7, 11) is 5.51. The fraction of sp³-hybridized carbons (Fsp3) is 0.582. The minimum Gasteiger partial charge on any atom is -0.465 e. The Kier molecular flexibility index (Phi) is 16.7. The van der Waals surface area contributed by atoms with E-state index < -0.39 is 34.4 Å². The number of carbonyl (C=O) groups is 5. The summed E-state index contributed by atoms with van der Waals surface area (Å²) >= 11 is 1.43. The monoisotopic (exact) mass is 1010 g/mol. The Labute approximate surface area is 429 Å². The van der Waals surface area contributed by atoms with Gasteiger partial charge in [-0.3, -0.25) is 38.9 Å². The van der Waals surface area contributed by atoms with Crippen molar-refractivity contribution in [2.75, 3.05) is 60.5 Å². The first-order valence-corrected chi connectivity index (χ1v) is 26.4. The normalized spacial score (nSPS) is 18.8. The topological polar surface area (TPSA) is 172 Å². The van der Waals surface area contributed by atoms with Crippen molar-refractivity contribution in [3.8, 4) is 34.4 Å². The number of fused-ring (bicyclic) bond motifs is 1. The lowest BCUT2D eigenvalue weighted by molar-refractivity contribution is -0.146. The van der Waals surface area contributed by atoms with Gasteiger partial charge in [-0.2, -0.15) is 0 Å². The number of esters is 1. The summed E-state index contributed by atoms with van der Waals surface area (Å²) in [6, 6.07) is 8.61. The van der Waals surface area contributed by atoms with Gasteiger partial charge in [-0.05, 0) is 116 Å². The highest BCUT2D eigenvalue weighted by molar-refractivity contribution is 7.10. The average Bonchev–Trinajstić information content (AvgIpc) is 4.15. The fourth-order valence-corrected chi connectivity index (χ4v) is 11.1. The third-order valence-corrected chi connectivity index (χ3v) is 15.7. The molecule has 388 valence electrons. The molecule has 7 rings (SSSR count). The number of ether oxygens (including phenoxy) is 2. The van der Waals surface area contributed by atoms with Gasteiger partial charge in [-0.25, -0.2) is 10.4 Å². The summed E-state index contributed by atoms with van der Waals surface area (Å²) in [6.07, 6.45) is 5.05. The molecule has 3 fully saturated rings. The van der Waals surface area contributed by atoms with Crippen molar-refractivity contribution in [3.05, 3.63) is 58.2 Å². The maximum atomic E-state index is 14.7. The summed E-state index contributed by atoms with van der Waals surface area (Å²) in [6.45, 7) is 20.6. The van der Waals surface area contributed by atoms with Crippen molar-refractivity contribution >= 4 is 51.8 Å². The summed E-state index contributed by atoms with van der Waals surface area (Å²) < 4.78 is 13.7. The number of methoxy groups -OCH3 is 1. The molecule has 3 saturated heterocycles. The van der Waals surface area contributed by atoms with Gasteiger partial charge in [-0.1, -0.05) is 39.7 Å². The molecule has 0 saturated carbocycles. The van der Waals surface area contributed by atoms with Crippen LogP contribution in [0.4, 0.5) is 0 Å². The van der Waals surface area contributed by atoms with E-state index in [4.69, 9.17) is 19.4 Å². The predicted molar refractivity (Wildman–Crippen MR) is 280 cm³/mol. The van der Waals surface area contributed by atoms with E-state index in [-0.39, 0.29) is 55.3 Å². The van der Waals surface area contributed by atoms with Crippen LogP contribution in [0.2, 0.25) is 0 Å². The molecule has 6 heterocycles. The standard InChI is InChI=1S/C55H75N9O7S/c1-13-62-44-19-18-38(29-40(44)41(31-53(6,7)34-71-37(5)65)49(62)39-17-16-24-56-47(39)36(4)70-12)43-32-72-45(58-43)30-42(51(68)64-26-15-14-25-57-64)59-50(67)48(35(2)3)63-28-23-55(52(63)69)22-27-61(33-55)46(66)20-21-54(8,9)60(10)11/h16-19,24,29,32,35-36,42,48,57H,13-15,22-23,25-28,30-31,33-34H2,1-12H3,(H,59,67)/t36-,42-,48-,55-/m0/s1. The molecule has 0 aliphatic carbocycles. The molecular weight excluding hydrogens is 931 g/mol. The zero-order valence-corrected chi connectivity index (χ0v) is 45.3. The van der Waals surface area contributed by atoms with E-state index >= 15 is 0 Å². The molecule has 4 amide bonds. The molecule has 4 atom stereocenters. The molecule has 16 nitrogen and oxygen atoms in total. The van der Waals surface area contributed by atoms with Crippen LogP contribution in [0.15, 0.2) is 41.9 Å². The Bertz CT molecular complexity index is 2730. The SMILES string of the molecule is CCn1c(-c2cccnc2[C@H](C)OC)c(CC(C)(C)COC(C)=O)c2cc(-c3csc(C[C@H](NC(=O)[C@H](C(C)C)N4CC[C@]5(CCN(C(=O)C#CC(C)(C)N(C)C)C5)C4=O)C(=O)N4CCCCN4)n3)ccc21. The molecule has 1 spiro atoms. The lowest BCUT2D eigenvalue weighted by Crippen LogP contribution is -2.59. The molecule has 2 N–H and O–H groups in total. The number of amides is 4. The smallest absolute Gasteiger partial charge is 0.302 e. The molecule has 0 radical (unpaired) electrons. The first-order chi connectivity index (χ1) is 34.1. The average molecular weight is 1010 g/mol. The van der Waals surface area contributed by atoms with Gasteiger partial charge >= 0.3 is 5.97 Å². The molecule has 17 heteroatoms. The molecule has 0 unspecified atom stereocenters. The van der Waals surface area contributed by atoms with Crippen molar-refractivity contribution in [3.63, 3.8) is 0 Å². The maximum Gasteiger partial charge on any atom is 0.302 e. The van der Waals surface area contributed by atoms with Gasteiger partial charge in [-0.15, -0.1) is 11.3 Å². The molecule has 0 bridgehead atoms. The third kappa shape index (κ3) is 11.6. The van der Waals surface area contributed by atoms with Crippen molar-refractivity contribution < 1.29 is 33.4 Å². The van der Waals surface area contributed by atoms with Gasteiger partial charge < -0.3 is 29.2 Å². The Morgan fingerprint density at radius 3 is 2.46 bits per heavy atom. The van der Waals surface area contributed by atoms with Crippen molar-refractivity contribution in [2.45, 2.75) is 131 Å². The van der Waals surface area contributed by atoms with Crippen LogP contribution in [0, 0.1) is 28.6 Å². The van der Waals surface area contributed by atoms with Gasteiger partial charge in [0.15, 0.2) is 0 Å². The number of carbonyl (C=O) groups excluding carboxylic acids is 5. The number of aryl methyl sites for hydroxylation is 1. The van der Waals surface area contributed by atoms with Crippen LogP contribution in [0.1, 0.15) is 110 Å². The Balaban J connectivity index is 1.17. The summed E-state index contributed by atoms with van der Waals surface area (Å²) in [5.41, 5.74) is 8.12. The number of hydrazine groups is 1. The van der Waals surface area contributed by atoms with E-state index in [0.717, 1.165) is 57.5 Å². The van der Waals surface area contributed by atoms with E-state index in [2.05, 4.69) is 72.2 Å². The second kappa shape index (κ2) is 22.2. The highest BCUT2D eigenvalue weighted by Gasteiger charge is 2.54.